The van der Waals surface area contributed by atoms with Gasteiger partial charge >= 0.3 is 11.8 Å². The first-order valence-corrected chi connectivity index (χ1v) is 7.50. The lowest BCUT2D eigenvalue weighted by molar-refractivity contribution is -0.136. The molecule has 0 aliphatic carbocycles. The third-order valence-electron chi connectivity index (χ3n) is 3.47. The van der Waals surface area contributed by atoms with Crippen molar-refractivity contribution in [2.45, 2.75) is 13.8 Å². The molecule has 0 aromatic heterocycles. The maximum atomic E-state index is 11.9. The standard InChI is InChI=1S/C18H19N3O4/c1-11-7-8-12(2)14(9-11)20-17(23)18(24)21-19-10-13-5-4-6-15(25-3)16(13)22/h4-10,22H,1-3H3,(H,20,23)(H,21,24). The van der Waals surface area contributed by atoms with Crippen molar-refractivity contribution in [3.8, 4) is 11.5 Å². The molecule has 0 saturated carbocycles. The summed E-state index contributed by atoms with van der Waals surface area (Å²) in [4.78, 5) is 23.7. The molecule has 0 radical (unpaired) electrons. The molecule has 2 aromatic rings. The molecule has 7 heteroatoms. The number of carbonyl (C=O) groups is 2. The van der Waals surface area contributed by atoms with Crippen molar-refractivity contribution in [3.05, 3.63) is 53.1 Å². The molecule has 2 aromatic carbocycles. The number of carbonyl (C=O) groups excluding carboxylic acids is 2. The fourth-order valence-corrected chi connectivity index (χ4v) is 2.07. The number of hydrogen-bond acceptors (Lipinski definition) is 5. The minimum atomic E-state index is -0.917. The number of ether oxygens (including phenoxy) is 1. The van der Waals surface area contributed by atoms with Gasteiger partial charge in [0.15, 0.2) is 11.5 Å². The second-order valence-electron chi connectivity index (χ2n) is 5.37. The Balaban J connectivity index is 2.00. The van der Waals surface area contributed by atoms with E-state index in [0.717, 1.165) is 11.1 Å². The highest BCUT2D eigenvalue weighted by Crippen LogP contribution is 2.27. The summed E-state index contributed by atoms with van der Waals surface area (Å²) >= 11 is 0. The van der Waals surface area contributed by atoms with Gasteiger partial charge in [0.25, 0.3) is 0 Å². The van der Waals surface area contributed by atoms with Gasteiger partial charge in [-0.25, -0.2) is 5.43 Å². The van der Waals surface area contributed by atoms with Crippen LogP contribution in [0.1, 0.15) is 16.7 Å². The summed E-state index contributed by atoms with van der Waals surface area (Å²) in [6.45, 7) is 3.72. The van der Waals surface area contributed by atoms with E-state index in [0.29, 0.717) is 11.3 Å². The molecular weight excluding hydrogens is 322 g/mol. The molecule has 0 fully saturated rings. The van der Waals surface area contributed by atoms with Crippen LogP contribution in [0.2, 0.25) is 0 Å². The number of aromatic hydroxyl groups is 1. The average molecular weight is 341 g/mol. The Bertz CT molecular complexity index is 831. The fourth-order valence-electron chi connectivity index (χ4n) is 2.07. The lowest BCUT2D eigenvalue weighted by atomic mass is 10.1. The van der Waals surface area contributed by atoms with Crippen molar-refractivity contribution in [1.29, 1.82) is 0 Å². The number of phenolic OH excluding ortho intramolecular Hbond substituents is 1. The number of amides is 2. The highest BCUT2D eigenvalue weighted by atomic mass is 16.5. The lowest BCUT2D eigenvalue weighted by Crippen LogP contribution is -2.32. The van der Waals surface area contributed by atoms with Crippen LogP contribution in [0, 0.1) is 13.8 Å². The Labute approximate surface area is 145 Å². The third-order valence-corrected chi connectivity index (χ3v) is 3.47. The molecular formula is C18H19N3O4. The number of methoxy groups -OCH3 is 1. The van der Waals surface area contributed by atoms with Gasteiger partial charge in [-0.1, -0.05) is 18.2 Å². The Hall–Kier alpha value is -3.35. The summed E-state index contributed by atoms with van der Waals surface area (Å²) in [5.74, 6) is -1.58. The first-order valence-electron chi connectivity index (χ1n) is 7.50. The van der Waals surface area contributed by atoms with Gasteiger partial charge in [0.2, 0.25) is 0 Å². The normalized spacial score (nSPS) is 10.5. The van der Waals surface area contributed by atoms with Crippen molar-refractivity contribution >= 4 is 23.7 Å². The SMILES string of the molecule is COc1cccc(C=NNC(=O)C(=O)Nc2cc(C)ccc2C)c1O. The average Bonchev–Trinajstić information content (AvgIpc) is 2.59. The molecule has 130 valence electrons. The maximum Gasteiger partial charge on any atom is 0.329 e. The summed E-state index contributed by atoms with van der Waals surface area (Å²) in [6, 6.07) is 10.4. The number of hydrazone groups is 1. The van der Waals surface area contributed by atoms with E-state index in [1.807, 2.05) is 26.0 Å². The van der Waals surface area contributed by atoms with E-state index in [2.05, 4.69) is 15.8 Å². The van der Waals surface area contributed by atoms with Crippen molar-refractivity contribution in [1.82, 2.24) is 5.43 Å². The number of benzene rings is 2. The summed E-state index contributed by atoms with van der Waals surface area (Å²) in [7, 11) is 1.43. The summed E-state index contributed by atoms with van der Waals surface area (Å²) in [5, 5.41) is 16.1. The van der Waals surface area contributed by atoms with Crippen LogP contribution < -0.4 is 15.5 Å². The number of nitrogens with zero attached hydrogens (tertiary/aromatic N) is 1. The number of phenols is 1. The van der Waals surface area contributed by atoms with Crippen molar-refractivity contribution < 1.29 is 19.4 Å². The Kier molecular flexibility index (Phi) is 5.73. The zero-order valence-corrected chi connectivity index (χ0v) is 14.2. The molecule has 3 N–H and O–H groups in total. The minimum Gasteiger partial charge on any atom is -0.504 e. The summed E-state index contributed by atoms with van der Waals surface area (Å²) in [5.41, 5.74) is 4.83. The van der Waals surface area contributed by atoms with E-state index < -0.39 is 11.8 Å². The fraction of sp³-hybridized carbons (Fsp3) is 0.167. The molecule has 0 aliphatic heterocycles. The topological polar surface area (TPSA) is 100 Å². The van der Waals surface area contributed by atoms with Crippen LogP contribution >= 0.6 is 0 Å². The van der Waals surface area contributed by atoms with Crippen LogP contribution in [-0.4, -0.2) is 30.2 Å². The van der Waals surface area contributed by atoms with Crippen LogP contribution in [-0.2, 0) is 9.59 Å². The molecule has 2 rings (SSSR count). The highest BCUT2D eigenvalue weighted by molar-refractivity contribution is 6.39. The second kappa shape index (κ2) is 7.96. The Morgan fingerprint density at radius 3 is 2.64 bits per heavy atom. The number of para-hydroxylation sites is 1. The molecule has 0 bridgehead atoms. The maximum absolute atomic E-state index is 11.9. The van der Waals surface area contributed by atoms with E-state index in [9.17, 15) is 14.7 Å². The molecule has 0 spiro atoms. The number of nitrogens with one attached hydrogen (secondary N) is 2. The van der Waals surface area contributed by atoms with Crippen molar-refractivity contribution in [3.63, 3.8) is 0 Å². The summed E-state index contributed by atoms with van der Waals surface area (Å²) < 4.78 is 4.98. The zero-order valence-electron chi connectivity index (χ0n) is 14.2. The van der Waals surface area contributed by atoms with Gasteiger partial charge < -0.3 is 15.2 Å². The molecule has 25 heavy (non-hydrogen) atoms. The molecule has 0 heterocycles. The largest absolute Gasteiger partial charge is 0.504 e. The van der Waals surface area contributed by atoms with Gasteiger partial charge in [0, 0.05) is 11.3 Å². The molecule has 0 atom stereocenters. The van der Waals surface area contributed by atoms with Gasteiger partial charge in [0.05, 0.1) is 13.3 Å². The van der Waals surface area contributed by atoms with Crippen LogP contribution in [0.3, 0.4) is 0 Å². The van der Waals surface area contributed by atoms with E-state index in [-0.39, 0.29) is 11.5 Å². The molecule has 0 unspecified atom stereocenters. The lowest BCUT2D eigenvalue weighted by Gasteiger charge is -2.08. The van der Waals surface area contributed by atoms with Gasteiger partial charge in [-0.05, 0) is 43.2 Å². The first kappa shape index (κ1) is 18.0. The second-order valence-corrected chi connectivity index (χ2v) is 5.37. The number of anilines is 1. The van der Waals surface area contributed by atoms with Gasteiger partial charge in [-0.3, -0.25) is 9.59 Å². The Morgan fingerprint density at radius 2 is 1.92 bits per heavy atom. The van der Waals surface area contributed by atoms with Gasteiger partial charge in [-0.2, -0.15) is 5.10 Å². The van der Waals surface area contributed by atoms with Crippen LogP contribution in [0.5, 0.6) is 11.5 Å². The van der Waals surface area contributed by atoms with Gasteiger partial charge in [-0.15, -0.1) is 0 Å². The quantitative estimate of drug-likeness (QED) is 0.450. The molecule has 2 amide bonds. The number of rotatable bonds is 4. The predicted octanol–water partition coefficient (Wildman–Crippen LogP) is 2.11. The first-order chi connectivity index (χ1) is 11.9. The zero-order chi connectivity index (χ0) is 18.4. The van der Waals surface area contributed by atoms with E-state index in [4.69, 9.17) is 4.74 Å². The molecule has 0 aliphatic rings. The van der Waals surface area contributed by atoms with Crippen molar-refractivity contribution in [2.24, 2.45) is 5.10 Å². The molecule has 0 saturated heterocycles. The van der Waals surface area contributed by atoms with Gasteiger partial charge in [0.1, 0.15) is 0 Å². The van der Waals surface area contributed by atoms with Crippen LogP contribution in [0.15, 0.2) is 41.5 Å². The number of aryl methyl sites for hydroxylation is 2. The highest BCUT2D eigenvalue weighted by Gasteiger charge is 2.14. The number of hydrogen-bond donors (Lipinski definition) is 3. The molecule has 7 nitrogen and oxygen atoms in total. The van der Waals surface area contributed by atoms with E-state index in [1.54, 1.807) is 24.3 Å². The third kappa shape index (κ3) is 4.57. The monoisotopic (exact) mass is 341 g/mol. The summed E-state index contributed by atoms with van der Waals surface area (Å²) in [6.07, 6.45) is 1.22. The van der Waals surface area contributed by atoms with E-state index >= 15 is 0 Å². The Morgan fingerprint density at radius 1 is 1.16 bits per heavy atom. The van der Waals surface area contributed by atoms with Crippen molar-refractivity contribution in [2.75, 3.05) is 12.4 Å². The van der Waals surface area contributed by atoms with Crippen LogP contribution in [0.25, 0.3) is 0 Å². The van der Waals surface area contributed by atoms with Crippen LogP contribution in [0.4, 0.5) is 5.69 Å². The smallest absolute Gasteiger partial charge is 0.329 e. The van der Waals surface area contributed by atoms with E-state index in [1.165, 1.54) is 13.3 Å². The minimum absolute atomic E-state index is 0.108. The predicted molar refractivity (Wildman–Crippen MR) is 94.9 cm³/mol.